The van der Waals surface area contributed by atoms with Crippen molar-refractivity contribution in [1.82, 2.24) is 4.90 Å². The van der Waals surface area contributed by atoms with Crippen molar-refractivity contribution in [1.29, 1.82) is 5.41 Å². The summed E-state index contributed by atoms with van der Waals surface area (Å²) in [5.74, 6) is 1.63. The van der Waals surface area contributed by atoms with Crippen molar-refractivity contribution < 1.29 is 0 Å². The van der Waals surface area contributed by atoms with E-state index >= 15 is 0 Å². The lowest BCUT2D eigenvalue weighted by atomic mass is 9.83. The minimum absolute atomic E-state index is 0.292. The third-order valence-electron chi connectivity index (χ3n) is 3.98. The summed E-state index contributed by atoms with van der Waals surface area (Å²) in [5.41, 5.74) is 1.38. The van der Waals surface area contributed by atoms with Crippen molar-refractivity contribution in [3.8, 4) is 0 Å². The first kappa shape index (κ1) is 14.7. The Morgan fingerprint density at radius 3 is 2.35 bits per heavy atom. The smallest absolute Gasteiger partial charge is 0.126 e. The molecule has 2 unspecified atom stereocenters. The molecule has 4 heteroatoms. The number of hydrogen-bond donors (Lipinski definition) is 2. The van der Waals surface area contributed by atoms with E-state index in [4.69, 9.17) is 5.41 Å². The van der Waals surface area contributed by atoms with Gasteiger partial charge in [0, 0.05) is 19.7 Å². The van der Waals surface area contributed by atoms with Crippen LogP contribution < -0.4 is 0 Å². The van der Waals surface area contributed by atoms with Crippen molar-refractivity contribution in [2.24, 2.45) is 0 Å². The van der Waals surface area contributed by atoms with Gasteiger partial charge < -0.3 is 4.90 Å². The monoisotopic (exact) mass is 251 g/mol. The third kappa shape index (κ3) is 2.73. The molecular formula is C13H24BN2S. The molecule has 0 aromatic heterocycles. The molecule has 0 aromatic rings. The normalized spacial score (nSPS) is 34.8. The van der Waals surface area contributed by atoms with Crippen LogP contribution in [0.15, 0.2) is 11.8 Å². The molecule has 1 radical (unpaired) electrons. The number of amidine groups is 1. The van der Waals surface area contributed by atoms with Gasteiger partial charge in [0.25, 0.3) is 0 Å². The quantitative estimate of drug-likeness (QED) is 0.582. The van der Waals surface area contributed by atoms with Crippen LogP contribution in [0.2, 0.25) is 10.6 Å². The van der Waals surface area contributed by atoms with E-state index in [0.29, 0.717) is 16.5 Å². The summed E-state index contributed by atoms with van der Waals surface area (Å²) in [6.45, 7) is 8.57. The Hall–Kier alpha value is -0.375. The molecule has 0 aromatic carbocycles. The Bertz CT molecular complexity index is 342. The lowest BCUT2D eigenvalue weighted by molar-refractivity contribution is 0.579. The average molecular weight is 251 g/mol. The first-order valence-corrected chi connectivity index (χ1v) is 7.01. The Morgan fingerprint density at radius 1 is 1.41 bits per heavy atom. The fourth-order valence-electron chi connectivity index (χ4n) is 2.46. The Balaban J connectivity index is 0.000000686. The second-order valence-electron chi connectivity index (χ2n) is 5.34. The molecular weight excluding hydrogens is 227 g/mol. The number of thiol groups is 1. The van der Waals surface area contributed by atoms with E-state index in [0.717, 1.165) is 18.6 Å². The van der Waals surface area contributed by atoms with E-state index < -0.39 is 0 Å². The van der Waals surface area contributed by atoms with E-state index in [1.807, 2.05) is 25.8 Å². The van der Waals surface area contributed by atoms with Gasteiger partial charge in [0.2, 0.25) is 0 Å². The zero-order valence-corrected chi connectivity index (χ0v) is 12.6. The lowest BCUT2D eigenvalue weighted by Gasteiger charge is -2.18. The van der Waals surface area contributed by atoms with Gasteiger partial charge in [-0.2, -0.15) is 12.6 Å². The van der Waals surface area contributed by atoms with Crippen molar-refractivity contribution >= 4 is 25.7 Å². The fourth-order valence-corrected chi connectivity index (χ4v) is 2.92. The molecule has 2 heterocycles. The van der Waals surface area contributed by atoms with Crippen LogP contribution in [0.25, 0.3) is 0 Å². The third-order valence-corrected chi connectivity index (χ3v) is 4.63. The highest BCUT2D eigenvalue weighted by Gasteiger charge is 2.60. The maximum atomic E-state index is 7.71. The van der Waals surface area contributed by atoms with E-state index in [-0.39, 0.29) is 0 Å². The molecule has 1 N–H and O–H groups in total. The molecule has 0 saturated carbocycles. The van der Waals surface area contributed by atoms with Gasteiger partial charge in [-0.15, -0.1) is 0 Å². The topological polar surface area (TPSA) is 27.1 Å². The first-order valence-electron chi connectivity index (χ1n) is 6.38. The molecule has 2 nitrogen and oxygen atoms in total. The fraction of sp³-hybridized carbons (Fsp3) is 0.769. The average Bonchev–Trinajstić information content (AvgIpc) is 2.68. The summed E-state index contributed by atoms with van der Waals surface area (Å²) in [6.07, 6.45) is 4.01. The lowest BCUT2D eigenvalue weighted by Crippen LogP contribution is -2.13. The van der Waals surface area contributed by atoms with Crippen LogP contribution in [-0.4, -0.2) is 30.8 Å². The number of nitrogens with one attached hydrogen (secondary N) is 1. The maximum absolute atomic E-state index is 7.71. The van der Waals surface area contributed by atoms with Crippen LogP contribution in [-0.2, 0) is 0 Å². The second kappa shape index (κ2) is 5.09. The standard InChI is InChI=1S/C11H18BN2S.C2H6/c1-10(11(2,7-15)12-10)5-8-4-9(13)14(3)6-8;1-2/h6,13,15H,4-5,7H2,1-3H3;1-2H3. The molecule has 0 spiro atoms. The first-order chi connectivity index (χ1) is 7.90. The summed E-state index contributed by atoms with van der Waals surface area (Å²) in [4.78, 5) is 1.92. The summed E-state index contributed by atoms with van der Waals surface area (Å²) >= 11 is 4.41. The zero-order valence-electron chi connectivity index (χ0n) is 11.7. The molecule has 2 rings (SSSR count). The molecule has 1 saturated heterocycles. The van der Waals surface area contributed by atoms with Gasteiger partial charge in [0.15, 0.2) is 0 Å². The van der Waals surface area contributed by atoms with Gasteiger partial charge in [-0.05, 0) is 17.7 Å². The van der Waals surface area contributed by atoms with Crippen LogP contribution in [0.5, 0.6) is 0 Å². The Labute approximate surface area is 112 Å². The molecule has 0 aliphatic carbocycles. The molecule has 0 bridgehead atoms. The van der Waals surface area contributed by atoms with Gasteiger partial charge in [-0.3, -0.25) is 5.41 Å². The summed E-state index contributed by atoms with van der Waals surface area (Å²) in [7, 11) is 4.35. The van der Waals surface area contributed by atoms with Gasteiger partial charge >= 0.3 is 0 Å². The van der Waals surface area contributed by atoms with E-state index in [9.17, 15) is 0 Å². The van der Waals surface area contributed by atoms with E-state index in [1.165, 1.54) is 5.57 Å². The molecule has 1 fully saturated rings. The van der Waals surface area contributed by atoms with Crippen LogP contribution in [0, 0.1) is 5.41 Å². The molecule has 2 atom stereocenters. The highest BCUT2D eigenvalue weighted by molar-refractivity contribution is 7.80. The minimum Gasteiger partial charge on any atom is -0.340 e. The van der Waals surface area contributed by atoms with Crippen molar-refractivity contribution in [2.75, 3.05) is 12.8 Å². The predicted molar refractivity (Wildman–Crippen MR) is 80.5 cm³/mol. The van der Waals surface area contributed by atoms with Crippen molar-refractivity contribution in [3.05, 3.63) is 11.8 Å². The van der Waals surface area contributed by atoms with Crippen molar-refractivity contribution in [3.63, 3.8) is 0 Å². The summed E-state index contributed by atoms with van der Waals surface area (Å²) in [6, 6.07) is 0. The van der Waals surface area contributed by atoms with Crippen LogP contribution in [0.4, 0.5) is 0 Å². The van der Waals surface area contributed by atoms with Crippen LogP contribution in [0.1, 0.15) is 40.5 Å². The highest BCUT2D eigenvalue weighted by Crippen LogP contribution is 2.71. The van der Waals surface area contributed by atoms with E-state index in [1.54, 1.807) is 0 Å². The number of hydrogen-bond acceptors (Lipinski definition) is 2. The largest absolute Gasteiger partial charge is 0.340 e. The van der Waals surface area contributed by atoms with Crippen LogP contribution >= 0.6 is 12.6 Å². The van der Waals surface area contributed by atoms with Crippen molar-refractivity contribution in [2.45, 2.75) is 51.2 Å². The Kier molecular flexibility index (Phi) is 4.40. The molecule has 95 valence electrons. The molecule has 17 heavy (non-hydrogen) atoms. The van der Waals surface area contributed by atoms with Gasteiger partial charge in [0.05, 0.1) is 0 Å². The summed E-state index contributed by atoms with van der Waals surface area (Å²) < 4.78 is 0. The zero-order chi connectivity index (χ0) is 13.3. The molecule has 0 amide bonds. The van der Waals surface area contributed by atoms with Gasteiger partial charge in [-0.1, -0.05) is 38.3 Å². The number of rotatable bonds is 3. The second-order valence-corrected chi connectivity index (χ2v) is 5.65. The number of nitrogens with zero attached hydrogens (tertiary/aromatic N) is 1. The molecule has 2 aliphatic rings. The predicted octanol–water partition coefficient (Wildman–Crippen LogP) is 3.60. The molecule has 2 aliphatic heterocycles. The minimum atomic E-state index is 0.292. The summed E-state index contributed by atoms with van der Waals surface area (Å²) in [5, 5.41) is 8.30. The van der Waals surface area contributed by atoms with E-state index in [2.05, 4.69) is 40.0 Å². The maximum Gasteiger partial charge on any atom is 0.126 e. The van der Waals surface area contributed by atoms with Gasteiger partial charge in [0.1, 0.15) is 13.1 Å². The highest BCUT2D eigenvalue weighted by atomic mass is 32.1. The van der Waals surface area contributed by atoms with Crippen LogP contribution in [0.3, 0.4) is 0 Å². The Morgan fingerprint density at radius 2 is 2.00 bits per heavy atom. The van der Waals surface area contributed by atoms with Gasteiger partial charge in [-0.25, -0.2) is 0 Å². The SMILES string of the molecule is CC.CN1C=C(CC2(C)[B]C2(C)CS)CC1=N.